The first-order valence-corrected chi connectivity index (χ1v) is 10.2. The number of para-hydroxylation sites is 1. The Kier molecular flexibility index (Phi) is 4.24. The number of carbonyl (C=O) groups excluding carboxylic acids is 1. The van der Waals surface area contributed by atoms with E-state index in [-0.39, 0.29) is 17.4 Å². The summed E-state index contributed by atoms with van der Waals surface area (Å²) in [6.45, 7) is 4.96. The van der Waals surface area contributed by atoms with E-state index >= 15 is 0 Å². The number of hydrogen-bond donors (Lipinski definition) is 1. The molecule has 2 aromatic carbocycles. The number of nitrogens with one attached hydrogen (secondary N) is 1. The lowest BCUT2D eigenvalue weighted by Gasteiger charge is -2.39. The van der Waals surface area contributed by atoms with Gasteiger partial charge in [-0.25, -0.2) is 0 Å². The van der Waals surface area contributed by atoms with Gasteiger partial charge in [-0.3, -0.25) is 9.69 Å². The molecule has 3 aromatic rings. The van der Waals surface area contributed by atoms with Crippen LogP contribution in [0.4, 0.5) is 0 Å². The van der Waals surface area contributed by atoms with E-state index in [9.17, 15) is 4.79 Å². The Labute approximate surface area is 165 Å². The zero-order valence-electron chi connectivity index (χ0n) is 16.3. The fraction of sp³-hybridized carbons (Fsp3) is 0.375. The van der Waals surface area contributed by atoms with Crippen molar-refractivity contribution in [3.8, 4) is 0 Å². The van der Waals surface area contributed by atoms with E-state index in [1.807, 2.05) is 30.3 Å². The number of aryl methyl sites for hydroxylation is 1. The van der Waals surface area contributed by atoms with Gasteiger partial charge in [-0.05, 0) is 43.4 Å². The van der Waals surface area contributed by atoms with Gasteiger partial charge in [0.1, 0.15) is 11.3 Å². The molecule has 2 aliphatic heterocycles. The van der Waals surface area contributed by atoms with E-state index < -0.39 is 0 Å². The first-order valence-electron chi connectivity index (χ1n) is 10.2. The van der Waals surface area contributed by atoms with Crippen LogP contribution in [0.25, 0.3) is 11.0 Å². The summed E-state index contributed by atoms with van der Waals surface area (Å²) in [6.07, 6.45) is 2.91. The SMILES string of the molecule is Cc1c(CN2CCC3(CC2)C[C@@H](c2ccccc2)C(=O)N3)oc2ccccc12. The van der Waals surface area contributed by atoms with Crippen LogP contribution < -0.4 is 5.32 Å². The monoisotopic (exact) mass is 374 g/mol. The van der Waals surface area contributed by atoms with Gasteiger partial charge in [0.15, 0.2) is 0 Å². The van der Waals surface area contributed by atoms with Gasteiger partial charge in [-0.2, -0.15) is 0 Å². The number of amides is 1. The maximum absolute atomic E-state index is 12.6. The summed E-state index contributed by atoms with van der Waals surface area (Å²) in [5.41, 5.74) is 3.31. The number of fused-ring (bicyclic) bond motifs is 1. The molecule has 0 bridgehead atoms. The van der Waals surface area contributed by atoms with Crippen molar-refractivity contribution >= 4 is 16.9 Å². The van der Waals surface area contributed by atoms with Crippen LogP contribution in [0, 0.1) is 6.92 Å². The molecule has 1 N–H and O–H groups in total. The minimum Gasteiger partial charge on any atom is -0.459 e. The lowest BCUT2D eigenvalue weighted by atomic mass is 9.82. The average Bonchev–Trinajstić information content (AvgIpc) is 3.22. The predicted molar refractivity (Wildman–Crippen MR) is 110 cm³/mol. The summed E-state index contributed by atoms with van der Waals surface area (Å²) < 4.78 is 6.10. The van der Waals surface area contributed by atoms with Crippen molar-refractivity contribution in [2.45, 2.75) is 44.2 Å². The van der Waals surface area contributed by atoms with E-state index in [2.05, 4.69) is 41.4 Å². The van der Waals surface area contributed by atoms with Crippen molar-refractivity contribution in [3.63, 3.8) is 0 Å². The number of rotatable bonds is 3. The van der Waals surface area contributed by atoms with Crippen molar-refractivity contribution in [2.75, 3.05) is 13.1 Å². The number of piperidine rings is 1. The highest BCUT2D eigenvalue weighted by Gasteiger charge is 2.46. The van der Waals surface area contributed by atoms with Gasteiger partial charge in [0, 0.05) is 24.0 Å². The summed E-state index contributed by atoms with van der Waals surface area (Å²) in [5.74, 6) is 1.24. The summed E-state index contributed by atoms with van der Waals surface area (Å²) in [7, 11) is 0. The van der Waals surface area contributed by atoms with Crippen LogP contribution in [0.3, 0.4) is 0 Å². The molecule has 2 saturated heterocycles. The Bertz CT molecular complexity index is 1000. The van der Waals surface area contributed by atoms with Gasteiger partial charge >= 0.3 is 0 Å². The van der Waals surface area contributed by atoms with Gasteiger partial charge in [0.2, 0.25) is 5.91 Å². The van der Waals surface area contributed by atoms with Crippen LogP contribution in [0.5, 0.6) is 0 Å². The Balaban J connectivity index is 1.26. The molecule has 1 atom stereocenters. The second kappa shape index (κ2) is 6.78. The highest BCUT2D eigenvalue weighted by atomic mass is 16.3. The predicted octanol–water partition coefficient (Wildman–Crippen LogP) is 4.38. The largest absolute Gasteiger partial charge is 0.459 e. The number of benzene rings is 2. The minimum absolute atomic E-state index is 0.00892. The third kappa shape index (κ3) is 3.02. The molecule has 28 heavy (non-hydrogen) atoms. The molecule has 2 fully saturated rings. The smallest absolute Gasteiger partial charge is 0.228 e. The molecule has 144 valence electrons. The first-order chi connectivity index (χ1) is 13.6. The van der Waals surface area contributed by atoms with Crippen molar-refractivity contribution < 1.29 is 9.21 Å². The van der Waals surface area contributed by atoms with Crippen LogP contribution >= 0.6 is 0 Å². The quantitative estimate of drug-likeness (QED) is 0.740. The Morgan fingerprint density at radius 3 is 2.54 bits per heavy atom. The number of nitrogens with zero attached hydrogens (tertiary/aromatic N) is 1. The molecule has 1 amide bonds. The normalized spacial score (nSPS) is 22.0. The molecule has 0 radical (unpaired) electrons. The van der Waals surface area contributed by atoms with Gasteiger partial charge in [0.05, 0.1) is 12.5 Å². The fourth-order valence-electron chi connectivity index (χ4n) is 4.88. The summed E-state index contributed by atoms with van der Waals surface area (Å²) in [6, 6.07) is 18.4. The molecule has 0 saturated carbocycles. The Hall–Kier alpha value is -2.59. The second-order valence-corrected chi connectivity index (χ2v) is 8.36. The van der Waals surface area contributed by atoms with E-state index in [1.54, 1.807) is 0 Å². The number of carbonyl (C=O) groups is 1. The summed E-state index contributed by atoms with van der Waals surface area (Å²) in [5, 5.41) is 4.55. The molecular weight excluding hydrogens is 348 g/mol. The lowest BCUT2D eigenvalue weighted by molar-refractivity contribution is -0.121. The van der Waals surface area contributed by atoms with Crippen LogP contribution in [0.15, 0.2) is 59.0 Å². The van der Waals surface area contributed by atoms with E-state index in [0.29, 0.717) is 0 Å². The van der Waals surface area contributed by atoms with Gasteiger partial charge in [-0.15, -0.1) is 0 Å². The zero-order valence-corrected chi connectivity index (χ0v) is 16.3. The van der Waals surface area contributed by atoms with E-state index in [0.717, 1.165) is 55.8 Å². The fourth-order valence-corrected chi connectivity index (χ4v) is 4.88. The average molecular weight is 374 g/mol. The van der Waals surface area contributed by atoms with Gasteiger partial charge in [0.25, 0.3) is 0 Å². The molecule has 5 rings (SSSR count). The molecule has 1 aromatic heterocycles. The first kappa shape index (κ1) is 17.5. The standard InChI is InChI=1S/C24H26N2O2/c1-17-19-9-5-6-10-21(19)28-22(17)16-26-13-11-24(12-14-26)15-20(23(27)25-24)18-7-3-2-4-8-18/h2-10,20H,11-16H2,1H3,(H,25,27)/t20-/m0/s1. The highest BCUT2D eigenvalue weighted by molar-refractivity contribution is 5.87. The minimum atomic E-state index is -0.0446. The van der Waals surface area contributed by atoms with Crippen LogP contribution in [-0.2, 0) is 11.3 Å². The molecule has 3 heterocycles. The molecule has 1 spiro atoms. The second-order valence-electron chi connectivity index (χ2n) is 8.36. The van der Waals surface area contributed by atoms with E-state index in [1.165, 1.54) is 10.9 Å². The van der Waals surface area contributed by atoms with Crippen LogP contribution in [0.2, 0.25) is 0 Å². The van der Waals surface area contributed by atoms with Gasteiger partial charge in [-0.1, -0.05) is 48.5 Å². The molecule has 4 heteroatoms. The molecule has 0 aliphatic carbocycles. The van der Waals surface area contributed by atoms with Gasteiger partial charge < -0.3 is 9.73 Å². The summed E-state index contributed by atoms with van der Waals surface area (Å²) in [4.78, 5) is 15.1. The van der Waals surface area contributed by atoms with Crippen molar-refractivity contribution in [1.82, 2.24) is 10.2 Å². The van der Waals surface area contributed by atoms with Crippen LogP contribution in [-0.4, -0.2) is 29.4 Å². The third-order valence-corrected chi connectivity index (χ3v) is 6.62. The lowest BCUT2D eigenvalue weighted by Crippen LogP contribution is -2.50. The number of furan rings is 1. The molecule has 2 aliphatic rings. The van der Waals surface area contributed by atoms with Crippen molar-refractivity contribution in [2.24, 2.45) is 0 Å². The number of likely N-dealkylation sites (tertiary alicyclic amines) is 1. The maximum Gasteiger partial charge on any atom is 0.228 e. The topological polar surface area (TPSA) is 45.5 Å². The zero-order chi connectivity index (χ0) is 19.1. The Morgan fingerprint density at radius 2 is 1.79 bits per heavy atom. The molecular formula is C24H26N2O2. The van der Waals surface area contributed by atoms with Crippen LogP contribution in [0.1, 0.15) is 42.1 Å². The summed E-state index contributed by atoms with van der Waals surface area (Å²) >= 11 is 0. The molecule has 4 nitrogen and oxygen atoms in total. The number of hydrogen-bond acceptors (Lipinski definition) is 3. The molecule has 0 unspecified atom stereocenters. The highest BCUT2D eigenvalue weighted by Crippen LogP contribution is 2.39. The van der Waals surface area contributed by atoms with Crippen molar-refractivity contribution in [3.05, 3.63) is 71.5 Å². The Morgan fingerprint density at radius 1 is 1.07 bits per heavy atom. The van der Waals surface area contributed by atoms with Crippen molar-refractivity contribution in [1.29, 1.82) is 0 Å². The van der Waals surface area contributed by atoms with E-state index in [4.69, 9.17) is 4.42 Å². The third-order valence-electron chi connectivity index (χ3n) is 6.62. The maximum atomic E-state index is 12.6.